The number of rotatable bonds is 2. The van der Waals surface area contributed by atoms with Crippen LogP contribution in [-0.2, 0) is 0 Å². The molecule has 1 aromatic heterocycles. The summed E-state index contributed by atoms with van der Waals surface area (Å²) in [6, 6.07) is 18.7. The summed E-state index contributed by atoms with van der Waals surface area (Å²) >= 11 is 0. The molecule has 0 bridgehead atoms. The molecule has 0 saturated carbocycles. The molecule has 4 heteroatoms. The van der Waals surface area contributed by atoms with Crippen LogP contribution in [0.4, 0.5) is 15.9 Å². The second-order valence-corrected chi connectivity index (χ2v) is 5.07. The lowest BCUT2D eigenvalue weighted by molar-refractivity contribution is 0.629. The molecular formula is C18H12FN3. The minimum atomic E-state index is -0.302. The predicted octanol–water partition coefficient (Wildman–Crippen LogP) is 4.67. The lowest BCUT2D eigenvalue weighted by atomic mass is 10.1. The monoisotopic (exact) mass is 289 g/mol. The summed E-state index contributed by atoms with van der Waals surface area (Å²) in [4.78, 5) is 8.39. The van der Waals surface area contributed by atoms with Crippen LogP contribution in [-0.4, -0.2) is 9.97 Å². The molecule has 106 valence electrons. The Morgan fingerprint density at radius 3 is 2.59 bits per heavy atom. The molecule has 0 radical (unpaired) electrons. The van der Waals surface area contributed by atoms with E-state index in [1.165, 1.54) is 23.8 Å². The van der Waals surface area contributed by atoms with Gasteiger partial charge in [-0.15, -0.1) is 0 Å². The molecule has 0 spiro atoms. The first-order chi connectivity index (χ1) is 10.8. The van der Waals surface area contributed by atoms with Crippen molar-refractivity contribution >= 4 is 33.2 Å². The summed E-state index contributed by atoms with van der Waals surface area (Å²) in [5.74, 6) is 0.295. The number of anilines is 2. The molecule has 0 amide bonds. The van der Waals surface area contributed by atoms with Crippen LogP contribution in [0.3, 0.4) is 0 Å². The Balaban J connectivity index is 1.80. The smallest absolute Gasteiger partial charge is 0.141 e. The highest BCUT2D eigenvalue weighted by molar-refractivity contribution is 5.92. The van der Waals surface area contributed by atoms with E-state index in [0.29, 0.717) is 16.7 Å². The van der Waals surface area contributed by atoms with E-state index in [-0.39, 0.29) is 5.82 Å². The number of fused-ring (bicyclic) bond motifs is 2. The fourth-order valence-corrected chi connectivity index (χ4v) is 2.53. The van der Waals surface area contributed by atoms with Gasteiger partial charge in [0.2, 0.25) is 0 Å². The zero-order valence-electron chi connectivity index (χ0n) is 11.6. The Morgan fingerprint density at radius 2 is 1.68 bits per heavy atom. The topological polar surface area (TPSA) is 37.8 Å². The van der Waals surface area contributed by atoms with E-state index in [0.717, 1.165) is 11.1 Å². The summed E-state index contributed by atoms with van der Waals surface area (Å²) in [5.41, 5.74) is 1.61. The molecule has 4 aromatic rings. The summed E-state index contributed by atoms with van der Waals surface area (Å²) in [6.45, 7) is 0. The fraction of sp³-hybridized carbons (Fsp3) is 0. The first-order valence-electron chi connectivity index (χ1n) is 6.96. The summed E-state index contributed by atoms with van der Waals surface area (Å²) in [5, 5.41) is 6.22. The standard InChI is InChI=1S/C18H12FN3/c19-14-6-8-17-16(10-14)18(21-11-20-17)22-15-7-5-12-3-1-2-4-13(12)9-15/h1-11H,(H,20,21,22). The van der Waals surface area contributed by atoms with E-state index in [1.807, 2.05) is 30.3 Å². The quantitative estimate of drug-likeness (QED) is 0.583. The summed E-state index contributed by atoms with van der Waals surface area (Å²) in [6.07, 6.45) is 1.48. The second kappa shape index (κ2) is 5.07. The van der Waals surface area contributed by atoms with E-state index in [4.69, 9.17) is 0 Å². The molecule has 3 nitrogen and oxygen atoms in total. The average molecular weight is 289 g/mol. The molecule has 0 aliphatic heterocycles. The SMILES string of the molecule is Fc1ccc2ncnc(Nc3ccc4ccccc4c3)c2c1. The van der Waals surface area contributed by atoms with Gasteiger partial charge in [0.1, 0.15) is 18.0 Å². The molecule has 1 heterocycles. The Bertz CT molecular complexity index is 982. The lowest BCUT2D eigenvalue weighted by Gasteiger charge is -2.09. The number of hydrogen-bond acceptors (Lipinski definition) is 3. The fourth-order valence-electron chi connectivity index (χ4n) is 2.53. The second-order valence-electron chi connectivity index (χ2n) is 5.07. The highest BCUT2D eigenvalue weighted by Crippen LogP contribution is 2.25. The van der Waals surface area contributed by atoms with Gasteiger partial charge in [0.05, 0.1) is 5.52 Å². The van der Waals surface area contributed by atoms with Crippen LogP contribution < -0.4 is 5.32 Å². The van der Waals surface area contributed by atoms with Crippen molar-refractivity contribution in [3.8, 4) is 0 Å². The number of benzene rings is 3. The largest absolute Gasteiger partial charge is 0.340 e. The summed E-state index contributed by atoms with van der Waals surface area (Å²) < 4.78 is 13.5. The molecule has 0 atom stereocenters. The van der Waals surface area contributed by atoms with Crippen molar-refractivity contribution in [1.82, 2.24) is 9.97 Å². The van der Waals surface area contributed by atoms with Crippen molar-refractivity contribution in [2.24, 2.45) is 0 Å². The lowest BCUT2D eigenvalue weighted by Crippen LogP contribution is -1.96. The predicted molar refractivity (Wildman–Crippen MR) is 86.7 cm³/mol. The van der Waals surface area contributed by atoms with Gasteiger partial charge in [-0.25, -0.2) is 14.4 Å². The normalized spacial score (nSPS) is 11.0. The molecule has 0 unspecified atom stereocenters. The number of halogens is 1. The van der Waals surface area contributed by atoms with Gasteiger partial charge in [-0.05, 0) is 41.1 Å². The van der Waals surface area contributed by atoms with Crippen molar-refractivity contribution in [2.75, 3.05) is 5.32 Å². The van der Waals surface area contributed by atoms with Gasteiger partial charge >= 0.3 is 0 Å². The van der Waals surface area contributed by atoms with Gasteiger partial charge in [-0.2, -0.15) is 0 Å². The highest BCUT2D eigenvalue weighted by atomic mass is 19.1. The van der Waals surface area contributed by atoms with Gasteiger partial charge in [0.15, 0.2) is 0 Å². The van der Waals surface area contributed by atoms with E-state index in [1.54, 1.807) is 6.07 Å². The molecular weight excluding hydrogens is 277 g/mol. The molecule has 1 N–H and O–H groups in total. The van der Waals surface area contributed by atoms with Gasteiger partial charge in [-0.1, -0.05) is 30.3 Å². The van der Waals surface area contributed by atoms with Gasteiger partial charge in [-0.3, -0.25) is 0 Å². The zero-order valence-corrected chi connectivity index (χ0v) is 11.6. The van der Waals surface area contributed by atoms with E-state index in [2.05, 4.69) is 27.4 Å². The van der Waals surface area contributed by atoms with E-state index in [9.17, 15) is 4.39 Å². The molecule has 0 saturated heterocycles. The van der Waals surface area contributed by atoms with Crippen molar-refractivity contribution < 1.29 is 4.39 Å². The van der Waals surface area contributed by atoms with Crippen LogP contribution in [0.25, 0.3) is 21.7 Å². The van der Waals surface area contributed by atoms with Crippen molar-refractivity contribution in [3.63, 3.8) is 0 Å². The average Bonchev–Trinajstić information content (AvgIpc) is 2.55. The Kier molecular flexibility index (Phi) is 2.93. The molecule has 0 aliphatic rings. The van der Waals surface area contributed by atoms with Crippen LogP contribution in [0.5, 0.6) is 0 Å². The molecule has 0 aliphatic carbocycles. The minimum absolute atomic E-state index is 0.302. The van der Waals surface area contributed by atoms with Crippen LogP contribution in [0.2, 0.25) is 0 Å². The Hall–Kier alpha value is -3.01. The molecule has 22 heavy (non-hydrogen) atoms. The minimum Gasteiger partial charge on any atom is -0.340 e. The third-order valence-electron chi connectivity index (χ3n) is 3.61. The van der Waals surface area contributed by atoms with E-state index >= 15 is 0 Å². The van der Waals surface area contributed by atoms with Crippen molar-refractivity contribution in [2.45, 2.75) is 0 Å². The van der Waals surface area contributed by atoms with Crippen LogP contribution >= 0.6 is 0 Å². The molecule has 3 aromatic carbocycles. The van der Waals surface area contributed by atoms with Gasteiger partial charge in [0.25, 0.3) is 0 Å². The first-order valence-corrected chi connectivity index (χ1v) is 6.96. The van der Waals surface area contributed by atoms with Crippen molar-refractivity contribution in [3.05, 3.63) is 72.8 Å². The third kappa shape index (κ3) is 2.24. The number of nitrogens with one attached hydrogen (secondary N) is 1. The maximum atomic E-state index is 13.5. The zero-order chi connectivity index (χ0) is 14.9. The molecule has 4 rings (SSSR count). The Labute approximate surface area is 126 Å². The number of aromatic nitrogens is 2. The third-order valence-corrected chi connectivity index (χ3v) is 3.61. The van der Waals surface area contributed by atoms with Crippen LogP contribution in [0, 0.1) is 5.82 Å². The van der Waals surface area contributed by atoms with Gasteiger partial charge in [0, 0.05) is 11.1 Å². The van der Waals surface area contributed by atoms with Crippen molar-refractivity contribution in [1.29, 1.82) is 0 Å². The highest BCUT2D eigenvalue weighted by Gasteiger charge is 2.06. The van der Waals surface area contributed by atoms with Gasteiger partial charge < -0.3 is 5.32 Å². The van der Waals surface area contributed by atoms with Crippen LogP contribution in [0.15, 0.2) is 67.0 Å². The van der Waals surface area contributed by atoms with E-state index < -0.39 is 0 Å². The number of nitrogens with zero attached hydrogens (tertiary/aromatic N) is 2. The maximum absolute atomic E-state index is 13.5. The Morgan fingerprint density at radius 1 is 0.818 bits per heavy atom. The maximum Gasteiger partial charge on any atom is 0.141 e. The summed E-state index contributed by atoms with van der Waals surface area (Å²) in [7, 11) is 0. The first kappa shape index (κ1) is 12.7. The molecule has 0 fully saturated rings. The van der Waals surface area contributed by atoms with Crippen LogP contribution in [0.1, 0.15) is 0 Å². The number of hydrogen-bond donors (Lipinski definition) is 1.